The number of carbonyl (C=O) groups is 1. The fourth-order valence-corrected chi connectivity index (χ4v) is 2.98. The minimum absolute atomic E-state index is 0.0496. The molecular formula is C18H10ClF4N7O. The van der Waals surface area contributed by atoms with Crippen LogP contribution in [0.1, 0.15) is 16.1 Å². The molecule has 0 fully saturated rings. The molecule has 1 N–H and O–H groups in total. The number of nitrogens with one attached hydrogen (secondary N) is 1. The lowest BCUT2D eigenvalue weighted by Gasteiger charge is -2.13. The van der Waals surface area contributed by atoms with Crippen molar-refractivity contribution in [1.82, 2.24) is 29.8 Å². The molecule has 0 aliphatic carbocycles. The maximum Gasteiger partial charge on any atom is 0.434 e. The van der Waals surface area contributed by atoms with E-state index in [1.54, 1.807) is 0 Å². The van der Waals surface area contributed by atoms with Gasteiger partial charge in [0.1, 0.15) is 5.82 Å². The highest BCUT2D eigenvalue weighted by atomic mass is 35.5. The number of alkyl halides is 3. The van der Waals surface area contributed by atoms with Gasteiger partial charge in [0, 0.05) is 0 Å². The second kappa shape index (κ2) is 7.80. The third-order valence-electron chi connectivity index (χ3n) is 4.04. The normalized spacial score (nSPS) is 11.5. The lowest BCUT2D eigenvalue weighted by molar-refractivity contribution is -0.143. The number of benzene rings is 1. The summed E-state index contributed by atoms with van der Waals surface area (Å²) in [4.78, 5) is 17.7. The number of pyridine rings is 1. The van der Waals surface area contributed by atoms with Crippen LogP contribution in [0.2, 0.25) is 5.02 Å². The van der Waals surface area contributed by atoms with E-state index >= 15 is 0 Å². The molecule has 0 saturated heterocycles. The molecular weight excluding hydrogens is 442 g/mol. The number of hydrogen-bond donors (Lipinski definition) is 1. The quantitative estimate of drug-likeness (QED) is 0.475. The maximum atomic E-state index is 13.7. The molecule has 0 aliphatic rings. The standard InChI is InChI=1S/C18H10ClF4N7O/c19-14-7-11(8-24-16(14)30-25-5-6-26-30)28-17(31)13-9-27-29(15(13)18(21,22)23)12-3-1-10(20)2-4-12/h1-9H,(H,28,31). The zero-order valence-electron chi connectivity index (χ0n) is 15.2. The van der Waals surface area contributed by atoms with Crippen LogP contribution in [0.25, 0.3) is 11.5 Å². The average molecular weight is 452 g/mol. The van der Waals surface area contributed by atoms with Crippen LogP contribution >= 0.6 is 11.6 Å². The second-order valence-corrected chi connectivity index (χ2v) is 6.50. The first-order chi connectivity index (χ1) is 14.7. The van der Waals surface area contributed by atoms with Gasteiger partial charge in [-0.15, -0.1) is 4.80 Å². The Labute approximate surface area is 176 Å². The van der Waals surface area contributed by atoms with Gasteiger partial charge < -0.3 is 5.32 Å². The van der Waals surface area contributed by atoms with Gasteiger partial charge in [-0.05, 0) is 30.3 Å². The fraction of sp³-hybridized carbons (Fsp3) is 0.0556. The van der Waals surface area contributed by atoms with Crippen molar-refractivity contribution in [1.29, 1.82) is 0 Å². The summed E-state index contributed by atoms with van der Waals surface area (Å²) in [5, 5.41) is 13.8. The first-order valence-electron chi connectivity index (χ1n) is 8.49. The fourth-order valence-electron chi connectivity index (χ4n) is 2.74. The molecule has 4 rings (SSSR count). The molecule has 0 saturated carbocycles. The van der Waals surface area contributed by atoms with Gasteiger partial charge >= 0.3 is 6.18 Å². The number of rotatable bonds is 4. The Morgan fingerprint density at radius 2 is 1.71 bits per heavy atom. The van der Waals surface area contributed by atoms with E-state index in [1.165, 1.54) is 24.7 Å². The van der Waals surface area contributed by atoms with Gasteiger partial charge in [-0.2, -0.15) is 28.5 Å². The van der Waals surface area contributed by atoms with Gasteiger partial charge in [0.15, 0.2) is 11.5 Å². The summed E-state index contributed by atoms with van der Waals surface area (Å²) in [6.45, 7) is 0. The first kappa shape index (κ1) is 20.5. The van der Waals surface area contributed by atoms with Crippen molar-refractivity contribution < 1.29 is 22.4 Å². The molecule has 4 aromatic rings. The number of nitrogens with zero attached hydrogens (tertiary/aromatic N) is 6. The molecule has 0 radical (unpaired) electrons. The van der Waals surface area contributed by atoms with Crippen molar-refractivity contribution in [3.63, 3.8) is 0 Å². The van der Waals surface area contributed by atoms with E-state index in [2.05, 4.69) is 25.6 Å². The number of halogens is 5. The van der Waals surface area contributed by atoms with Crippen LogP contribution in [0.5, 0.6) is 0 Å². The van der Waals surface area contributed by atoms with Crippen molar-refractivity contribution in [3.8, 4) is 11.5 Å². The van der Waals surface area contributed by atoms with Gasteiger partial charge in [0.25, 0.3) is 5.91 Å². The maximum absolute atomic E-state index is 13.7. The zero-order chi connectivity index (χ0) is 22.2. The number of carbonyl (C=O) groups excluding carboxylic acids is 1. The lowest BCUT2D eigenvalue weighted by atomic mass is 10.2. The molecule has 3 aromatic heterocycles. The zero-order valence-corrected chi connectivity index (χ0v) is 15.9. The molecule has 3 heterocycles. The summed E-state index contributed by atoms with van der Waals surface area (Å²) in [5.41, 5.74) is -2.05. The topological polar surface area (TPSA) is 90.5 Å². The summed E-state index contributed by atoms with van der Waals surface area (Å²) in [5.74, 6) is -1.53. The summed E-state index contributed by atoms with van der Waals surface area (Å²) in [6.07, 6.45) is -0.127. The number of hydrogen-bond acceptors (Lipinski definition) is 5. The monoisotopic (exact) mass is 451 g/mol. The molecule has 0 spiro atoms. The molecule has 158 valence electrons. The number of anilines is 1. The Balaban J connectivity index is 1.66. The Morgan fingerprint density at radius 3 is 2.32 bits per heavy atom. The van der Waals surface area contributed by atoms with Crippen molar-refractivity contribution in [2.45, 2.75) is 6.18 Å². The van der Waals surface area contributed by atoms with Crippen LogP contribution < -0.4 is 5.32 Å². The van der Waals surface area contributed by atoms with E-state index in [9.17, 15) is 22.4 Å². The molecule has 1 aromatic carbocycles. The van der Waals surface area contributed by atoms with Crippen molar-refractivity contribution in [2.24, 2.45) is 0 Å². The molecule has 0 atom stereocenters. The van der Waals surface area contributed by atoms with Crippen LogP contribution in [-0.4, -0.2) is 35.7 Å². The van der Waals surface area contributed by atoms with Crippen LogP contribution in [0.15, 0.2) is 55.1 Å². The van der Waals surface area contributed by atoms with Crippen molar-refractivity contribution >= 4 is 23.2 Å². The minimum Gasteiger partial charge on any atom is -0.320 e. The third kappa shape index (κ3) is 4.10. The van der Waals surface area contributed by atoms with Gasteiger partial charge in [0.2, 0.25) is 0 Å². The summed E-state index contributed by atoms with van der Waals surface area (Å²) < 4.78 is 54.8. The Bertz CT molecular complexity index is 1240. The van der Waals surface area contributed by atoms with E-state index in [4.69, 9.17) is 11.6 Å². The molecule has 0 aliphatic heterocycles. The van der Waals surface area contributed by atoms with E-state index in [0.717, 1.165) is 35.3 Å². The molecule has 0 unspecified atom stereocenters. The summed E-state index contributed by atoms with van der Waals surface area (Å²) >= 11 is 6.11. The predicted molar refractivity (Wildman–Crippen MR) is 101 cm³/mol. The molecule has 31 heavy (non-hydrogen) atoms. The van der Waals surface area contributed by atoms with Crippen LogP contribution in [-0.2, 0) is 6.18 Å². The largest absolute Gasteiger partial charge is 0.434 e. The van der Waals surface area contributed by atoms with E-state index in [1.807, 2.05) is 0 Å². The van der Waals surface area contributed by atoms with Crippen LogP contribution in [0, 0.1) is 5.82 Å². The highest BCUT2D eigenvalue weighted by Crippen LogP contribution is 2.34. The van der Waals surface area contributed by atoms with E-state index in [0.29, 0.717) is 4.68 Å². The van der Waals surface area contributed by atoms with Gasteiger partial charge in [-0.3, -0.25) is 4.79 Å². The summed E-state index contributed by atoms with van der Waals surface area (Å²) in [6, 6.07) is 5.50. The lowest BCUT2D eigenvalue weighted by Crippen LogP contribution is -2.21. The van der Waals surface area contributed by atoms with Crippen LogP contribution in [0.4, 0.5) is 23.2 Å². The summed E-state index contributed by atoms with van der Waals surface area (Å²) in [7, 11) is 0. The van der Waals surface area contributed by atoms with Crippen LogP contribution in [0.3, 0.4) is 0 Å². The number of amides is 1. The minimum atomic E-state index is -4.91. The number of aromatic nitrogens is 6. The van der Waals surface area contributed by atoms with E-state index in [-0.39, 0.29) is 22.2 Å². The van der Waals surface area contributed by atoms with E-state index < -0.39 is 29.2 Å². The highest BCUT2D eigenvalue weighted by molar-refractivity contribution is 6.32. The third-order valence-corrected chi connectivity index (χ3v) is 4.32. The Morgan fingerprint density at radius 1 is 1.03 bits per heavy atom. The second-order valence-electron chi connectivity index (χ2n) is 6.09. The predicted octanol–water partition coefficient (Wildman–Crippen LogP) is 3.91. The molecule has 8 nitrogen and oxygen atoms in total. The molecule has 13 heteroatoms. The van der Waals surface area contributed by atoms with Gasteiger partial charge in [-0.1, -0.05) is 11.6 Å². The van der Waals surface area contributed by atoms with Gasteiger partial charge in [0.05, 0.1) is 46.7 Å². The molecule has 0 bridgehead atoms. The smallest absolute Gasteiger partial charge is 0.320 e. The highest BCUT2D eigenvalue weighted by Gasteiger charge is 2.40. The van der Waals surface area contributed by atoms with Gasteiger partial charge in [-0.25, -0.2) is 14.1 Å². The first-order valence-corrected chi connectivity index (χ1v) is 8.86. The SMILES string of the molecule is O=C(Nc1cnc(-n2nccn2)c(Cl)c1)c1cnn(-c2ccc(F)cc2)c1C(F)(F)F. The molecule has 1 amide bonds. The van der Waals surface area contributed by atoms with Crippen molar-refractivity contribution in [2.75, 3.05) is 5.32 Å². The average Bonchev–Trinajstić information content (AvgIpc) is 3.38. The van der Waals surface area contributed by atoms with Crippen molar-refractivity contribution in [3.05, 3.63) is 77.2 Å². The Kier molecular flexibility index (Phi) is 5.15. The Hall–Kier alpha value is -3.80.